The van der Waals surface area contributed by atoms with E-state index in [4.69, 9.17) is 4.74 Å². The van der Waals surface area contributed by atoms with Gasteiger partial charge in [0.05, 0.1) is 6.61 Å². The van der Waals surface area contributed by atoms with E-state index in [1.807, 2.05) is 27.7 Å². The topological polar surface area (TPSA) is 43.4 Å². The number of ether oxygens (including phenoxy) is 1. The maximum atomic E-state index is 12.0. The van der Waals surface area contributed by atoms with Gasteiger partial charge in [0.25, 0.3) is 0 Å². The van der Waals surface area contributed by atoms with Crippen molar-refractivity contribution in [2.75, 3.05) is 6.61 Å². The van der Waals surface area contributed by atoms with Gasteiger partial charge in [0, 0.05) is 6.42 Å². The molecule has 0 rings (SSSR count). The molecule has 16 heavy (non-hydrogen) atoms. The second-order valence-corrected chi connectivity index (χ2v) is 5.30. The van der Waals surface area contributed by atoms with Crippen LogP contribution in [0.15, 0.2) is 0 Å². The number of carbonyl (C=O) groups is 2. The Hall–Kier alpha value is -0.860. The molecular weight excluding hydrogens is 204 g/mol. The summed E-state index contributed by atoms with van der Waals surface area (Å²) in [6.07, 6.45) is 1.84. The summed E-state index contributed by atoms with van der Waals surface area (Å²) in [6, 6.07) is 0. The third-order valence-corrected chi connectivity index (χ3v) is 2.24. The van der Waals surface area contributed by atoms with Crippen molar-refractivity contribution in [3.8, 4) is 0 Å². The summed E-state index contributed by atoms with van der Waals surface area (Å²) in [5.74, 6) is -0.921. The van der Waals surface area contributed by atoms with E-state index in [1.165, 1.54) is 0 Å². The molecule has 0 aromatic carbocycles. The molecule has 0 heterocycles. The molecule has 0 saturated carbocycles. The van der Waals surface area contributed by atoms with E-state index in [1.54, 1.807) is 6.92 Å². The van der Waals surface area contributed by atoms with Crippen LogP contribution in [0.25, 0.3) is 0 Å². The van der Waals surface area contributed by atoms with Gasteiger partial charge in [-0.2, -0.15) is 0 Å². The zero-order valence-electron chi connectivity index (χ0n) is 11.1. The predicted octanol–water partition coefficient (Wildman–Crippen LogP) is 2.97. The van der Waals surface area contributed by atoms with E-state index in [0.717, 1.165) is 6.42 Å². The normalized spacial score (nSPS) is 13.3. The van der Waals surface area contributed by atoms with Gasteiger partial charge in [0.1, 0.15) is 11.7 Å². The molecule has 0 fully saturated rings. The Bertz CT molecular complexity index is 238. The fourth-order valence-electron chi connectivity index (χ4n) is 1.59. The van der Waals surface area contributed by atoms with Crippen LogP contribution in [0.4, 0.5) is 0 Å². The zero-order chi connectivity index (χ0) is 12.8. The summed E-state index contributed by atoms with van der Waals surface area (Å²) in [6.45, 7) is 10.1. The number of hydrogen-bond acceptors (Lipinski definition) is 3. The number of Topliss-reactive ketones (excluding diaryl/α,β-unsaturated/α-hetero) is 1. The lowest BCUT2D eigenvalue weighted by Crippen LogP contribution is -2.29. The number of carbonyl (C=O) groups excluding carboxylic acids is 2. The molecule has 0 aliphatic heterocycles. The lowest BCUT2D eigenvalue weighted by molar-refractivity contribution is -0.152. The van der Waals surface area contributed by atoms with Crippen molar-refractivity contribution < 1.29 is 14.3 Å². The summed E-state index contributed by atoms with van der Waals surface area (Å²) in [5, 5.41) is 0. The molecular formula is C13H24O3. The van der Waals surface area contributed by atoms with Crippen LogP contribution in [0.1, 0.15) is 53.9 Å². The number of hydrogen-bond donors (Lipinski definition) is 0. The Morgan fingerprint density at radius 1 is 1.19 bits per heavy atom. The first kappa shape index (κ1) is 15.1. The molecule has 0 saturated heterocycles. The minimum Gasteiger partial charge on any atom is -0.465 e. The van der Waals surface area contributed by atoms with Crippen LogP contribution in [-0.2, 0) is 14.3 Å². The van der Waals surface area contributed by atoms with Gasteiger partial charge < -0.3 is 4.74 Å². The smallest absolute Gasteiger partial charge is 0.316 e. The Balaban J connectivity index is 4.52. The molecule has 0 aliphatic rings. The van der Waals surface area contributed by atoms with Gasteiger partial charge in [-0.05, 0) is 18.8 Å². The molecule has 0 aliphatic carbocycles. The highest BCUT2D eigenvalue weighted by atomic mass is 16.5. The summed E-state index contributed by atoms with van der Waals surface area (Å²) in [7, 11) is 0. The average Bonchev–Trinajstić information content (AvgIpc) is 2.11. The molecule has 1 atom stereocenters. The van der Waals surface area contributed by atoms with E-state index in [-0.39, 0.29) is 17.2 Å². The molecule has 0 radical (unpaired) electrons. The van der Waals surface area contributed by atoms with Gasteiger partial charge in [-0.25, -0.2) is 0 Å². The van der Waals surface area contributed by atoms with Crippen LogP contribution in [0.5, 0.6) is 0 Å². The molecule has 0 amide bonds. The van der Waals surface area contributed by atoms with E-state index in [0.29, 0.717) is 19.4 Å². The zero-order valence-corrected chi connectivity index (χ0v) is 11.1. The monoisotopic (exact) mass is 228 g/mol. The van der Waals surface area contributed by atoms with E-state index < -0.39 is 5.92 Å². The summed E-state index contributed by atoms with van der Waals surface area (Å²) >= 11 is 0. The van der Waals surface area contributed by atoms with Gasteiger partial charge in [0.2, 0.25) is 0 Å². The maximum absolute atomic E-state index is 12.0. The fourth-order valence-corrected chi connectivity index (χ4v) is 1.59. The van der Waals surface area contributed by atoms with Crippen LogP contribution in [0.3, 0.4) is 0 Å². The van der Waals surface area contributed by atoms with Crippen molar-refractivity contribution in [1.82, 2.24) is 0 Å². The lowest BCUT2D eigenvalue weighted by Gasteiger charge is -2.20. The van der Waals surface area contributed by atoms with Crippen LogP contribution >= 0.6 is 0 Å². The van der Waals surface area contributed by atoms with Gasteiger partial charge in [-0.3, -0.25) is 9.59 Å². The van der Waals surface area contributed by atoms with E-state index in [9.17, 15) is 9.59 Å². The van der Waals surface area contributed by atoms with Crippen molar-refractivity contribution in [1.29, 1.82) is 0 Å². The fraction of sp³-hybridized carbons (Fsp3) is 0.846. The van der Waals surface area contributed by atoms with Crippen molar-refractivity contribution >= 4 is 11.8 Å². The van der Waals surface area contributed by atoms with Crippen molar-refractivity contribution in [2.45, 2.75) is 53.9 Å². The first-order valence-corrected chi connectivity index (χ1v) is 6.01. The van der Waals surface area contributed by atoms with E-state index >= 15 is 0 Å². The van der Waals surface area contributed by atoms with Crippen LogP contribution in [0, 0.1) is 11.3 Å². The summed E-state index contributed by atoms with van der Waals surface area (Å²) in [5.41, 5.74) is -0.0738. The maximum Gasteiger partial charge on any atom is 0.316 e. The third-order valence-electron chi connectivity index (χ3n) is 2.24. The molecule has 3 heteroatoms. The number of rotatable bonds is 6. The molecule has 3 nitrogen and oxygen atoms in total. The summed E-state index contributed by atoms with van der Waals surface area (Å²) in [4.78, 5) is 23.6. The standard InChI is InChI=1S/C13H24O3/c1-6-8-10(12(15)16-7-2)11(14)9-13(3,4)5/h10H,6-9H2,1-5H3. The Labute approximate surface area is 98.6 Å². The molecule has 0 spiro atoms. The van der Waals surface area contributed by atoms with Gasteiger partial charge in [-0.15, -0.1) is 0 Å². The lowest BCUT2D eigenvalue weighted by atomic mass is 9.84. The number of ketones is 1. The summed E-state index contributed by atoms with van der Waals surface area (Å²) < 4.78 is 4.93. The molecule has 0 aromatic heterocycles. The molecule has 1 unspecified atom stereocenters. The average molecular weight is 228 g/mol. The molecule has 0 N–H and O–H groups in total. The highest BCUT2D eigenvalue weighted by Crippen LogP contribution is 2.23. The first-order valence-electron chi connectivity index (χ1n) is 6.01. The van der Waals surface area contributed by atoms with Gasteiger partial charge >= 0.3 is 5.97 Å². The van der Waals surface area contributed by atoms with Crippen molar-refractivity contribution in [3.63, 3.8) is 0 Å². The van der Waals surface area contributed by atoms with Crippen molar-refractivity contribution in [2.24, 2.45) is 11.3 Å². The van der Waals surface area contributed by atoms with E-state index in [2.05, 4.69) is 0 Å². The predicted molar refractivity (Wildman–Crippen MR) is 64.1 cm³/mol. The number of esters is 1. The van der Waals surface area contributed by atoms with Crippen LogP contribution in [0.2, 0.25) is 0 Å². The molecule has 94 valence electrons. The van der Waals surface area contributed by atoms with Gasteiger partial charge in [-0.1, -0.05) is 34.1 Å². The quantitative estimate of drug-likeness (QED) is 0.518. The van der Waals surface area contributed by atoms with Crippen LogP contribution < -0.4 is 0 Å². The largest absolute Gasteiger partial charge is 0.465 e. The highest BCUT2D eigenvalue weighted by molar-refractivity contribution is 5.99. The molecule has 0 aromatic rings. The Kier molecular flexibility index (Phi) is 6.31. The minimum absolute atomic E-state index is 0.00722. The van der Waals surface area contributed by atoms with Gasteiger partial charge in [0.15, 0.2) is 0 Å². The van der Waals surface area contributed by atoms with Crippen molar-refractivity contribution in [3.05, 3.63) is 0 Å². The second-order valence-electron chi connectivity index (χ2n) is 5.30. The SMILES string of the molecule is CCCC(C(=O)CC(C)(C)C)C(=O)OCC. The second kappa shape index (κ2) is 6.66. The van der Waals surface area contributed by atoms with Crippen LogP contribution in [-0.4, -0.2) is 18.4 Å². The third kappa shape index (κ3) is 5.89. The Morgan fingerprint density at radius 2 is 1.75 bits per heavy atom. The Morgan fingerprint density at radius 3 is 2.12 bits per heavy atom. The highest BCUT2D eigenvalue weighted by Gasteiger charge is 2.29. The molecule has 0 bridgehead atoms. The first-order chi connectivity index (χ1) is 7.31. The minimum atomic E-state index is -0.566.